The fraction of sp³-hybridized carbons (Fsp3) is 0.250. The molecular formula is C16H16Cl2N2O. The van der Waals surface area contributed by atoms with Crippen LogP contribution in [0.15, 0.2) is 30.5 Å². The average molecular weight is 323 g/mol. The van der Waals surface area contributed by atoms with Crippen LogP contribution in [0, 0.1) is 6.92 Å². The third-order valence-electron chi connectivity index (χ3n) is 3.22. The van der Waals surface area contributed by atoms with Crippen LogP contribution in [-0.4, -0.2) is 10.9 Å². The molecule has 3 nitrogen and oxygen atoms in total. The first-order valence-corrected chi connectivity index (χ1v) is 7.37. The number of aryl methyl sites for hydroxylation is 1. The molecule has 1 aromatic heterocycles. The molecule has 1 aromatic carbocycles. The first-order valence-electron chi connectivity index (χ1n) is 6.62. The quantitative estimate of drug-likeness (QED) is 0.801. The Hall–Kier alpha value is -1.58. The molecule has 0 aliphatic carbocycles. The molecule has 0 aliphatic heterocycles. The van der Waals surface area contributed by atoms with E-state index in [0.717, 1.165) is 16.8 Å². The van der Waals surface area contributed by atoms with Gasteiger partial charge in [-0.3, -0.25) is 4.79 Å². The normalized spacial score (nSPS) is 10.8. The summed E-state index contributed by atoms with van der Waals surface area (Å²) in [5.41, 5.74) is 3.32. The van der Waals surface area contributed by atoms with Crippen molar-refractivity contribution >= 4 is 34.8 Å². The topological polar surface area (TPSA) is 42.0 Å². The predicted octanol–water partition coefficient (Wildman–Crippen LogP) is 5.07. The van der Waals surface area contributed by atoms with Gasteiger partial charge in [0.1, 0.15) is 5.15 Å². The van der Waals surface area contributed by atoms with Gasteiger partial charge in [0, 0.05) is 11.9 Å². The molecule has 2 rings (SSSR count). The molecule has 0 aliphatic rings. The van der Waals surface area contributed by atoms with Gasteiger partial charge in [-0.05, 0) is 30.0 Å². The van der Waals surface area contributed by atoms with Crippen molar-refractivity contribution < 1.29 is 4.79 Å². The molecule has 0 fully saturated rings. The number of hydrogen-bond donors (Lipinski definition) is 1. The van der Waals surface area contributed by atoms with E-state index in [9.17, 15) is 4.79 Å². The highest BCUT2D eigenvalue weighted by molar-refractivity contribution is 6.41. The summed E-state index contributed by atoms with van der Waals surface area (Å²) in [6.45, 7) is 6.14. The molecule has 1 heterocycles. The molecule has 0 radical (unpaired) electrons. The van der Waals surface area contributed by atoms with Crippen LogP contribution in [0.3, 0.4) is 0 Å². The lowest BCUT2D eigenvalue weighted by atomic mass is 9.98. The van der Waals surface area contributed by atoms with Crippen LogP contribution in [-0.2, 0) is 0 Å². The molecule has 0 bridgehead atoms. The van der Waals surface area contributed by atoms with Crippen molar-refractivity contribution in [2.75, 3.05) is 5.32 Å². The molecule has 1 N–H and O–H groups in total. The smallest absolute Gasteiger partial charge is 0.257 e. The van der Waals surface area contributed by atoms with Crippen LogP contribution in [0.25, 0.3) is 0 Å². The Morgan fingerprint density at radius 1 is 1.29 bits per heavy atom. The highest BCUT2D eigenvalue weighted by Gasteiger charge is 2.14. The number of carbonyl (C=O) groups excluding carboxylic acids is 1. The molecule has 0 saturated heterocycles. The number of anilines is 1. The number of carbonyl (C=O) groups is 1. The molecule has 2 aromatic rings. The van der Waals surface area contributed by atoms with Crippen LogP contribution in [0.4, 0.5) is 5.69 Å². The Kier molecular flexibility index (Phi) is 4.86. The number of hydrogen-bond acceptors (Lipinski definition) is 2. The van der Waals surface area contributed by atoms with Gasteiger partial charge in [-0.1, -0.05) is 55.2 Å². The van der Waals surface area contributed by atoms with Gasteiger partial charge in [0.2, 0.25) is 0 Å². The SMILES string of the molecule is Cc1cccc(C(C)C)c1NC(=O)c1cnc(Cl)c(Cl)c1. The van der Waals surface area contributed by atoms with Gasteiger partial charge in [0.25, 0.3) is 5.91 Å². The van der Waals surface area contributed by atoms with Crippen molar-refractivity contribution in [1.82, 2.24) is 4.98 Å². The summed E-state index contributed by atoms with van der Waals surface area (Å²) < 4.78 is 0. The van der Waals surface area contributed by atoms with Gasteiger partial charge in [-0.15, -0.1) is 0 Å². The number of halogens is 2. The maximum Gasteiger partial charge on any atom is 0.257 e. The summed E-state index contributed by atoms with van der Waals surface area (Å²) in [4.78, 5) is 16.2. The number of rotatable bonds is 3. The van der Waals surface area contributed by atoms with Crippen molar-refractivity contribution in [3.05, 3.63) is 57.3 Å². The van der Waals surface area contributed by atoms with E-state index in [2.05, 4.69) is 24.1 Å². The molecule has 0 spiro atoms. The number of benzene rings is 1. The van der Waals surface area contributed by atoms with Gasteiger partial charge in [-0.2, -0.15) is 0 Å². The van der Waals surface area contributed by atoms with E-state index in [1.807, 2.05) is 25.1 Å². The molecule has 5 heteroatoms. The summed E-state index contributed by atoms with van der Waals surface area (Å²) in [5.74, 6) is 0.0596. The molecule has 0 unspecified atom stereocenters. The second-order valence-electron chi connectivity index (χ2n) is 5.14. The lowest BCUT2D eigenvalue weighted by molar-refractivity contribution is 0.102. The Labute approximate surface area is 134 Å². The van der Waals surface area contributed by atoms with E-state index in [-0.39, 0.29) is 16.1 Å². The van der Waals surface area contributed by atoms with Gasteiger partial charge in [0.05, 0.1) is 10.6 Å². The zero-order chi connectivity index (χ0) is 15.6. The van der Waals surface area contributed by atoms with Gasteiger partial charge in [0.15, 0.2) is 0 Å². The minimum absolute atomic E-state index is 0.187. The largest absolute Gasteiger partial charge is 0.321 e. The number of nitrogens with one attached hydrogen (secondary N) is 1. The van der Waals surface area contributed by atoms with E-state index in [1.54, 1.807) is 0 Å². The van der Waals surface area contributed by atoms with Crippen LogP contribution >= 0.6 is 23.2 Å². The second-order valence-corrected chi connectivity index (χ2v) is 5.91. The van der Waals surface area contributed by atoms with Crippen molar-refractivity contribution in [2.24, 2.45) is 0 Å². The van der Waals surface area contributed by atoms with E-state index in [4.69, 9.17) is 23.2 Å². The average Bonchev–Trinajstić information content (AvgIpc) is 2.43. The molecule has 1 amide bonds. The molecular weight excluding hydrogens is 307 g/mol. The third kappa shape index (κ3) is 3.55. The van der Waals surface area contributed by atoms with E-state index in [1.165, 1.54) is 12.3 Å². The summed E-state index contributed by atoms with van der Waals surface area (Å²) in [6, 6.07) is 7.48. The number of nitrogens with zero attached hydrogens (tertiary/aromatic N) is 1. The standard InChI is InChI=1S/C16H16Cl2N2O/c1-9(2)12-6-4-5-10(3)14(12)20-16(21)11-7-13(17)15(18)19-8-11/h4-9H,1-3H3,(H,20,21). The Morgan fingerprint density at radius 2 is 2.00 bits per heavy atom. The maximum atomic E-state index is 12.4. The Morgan fingerprint density at radius 3 is 2.62 bits per heavy atom. The van der Waals surface area contributed by atoms with Gasteiger partial charge >= 0.3 is 0 Å². The number of pyridine rings is 1. The fourth-order valence-corrected chi connectivity index (χ4v) is 2.34. The minimum Gasteiger partial charge on any atom is -0.321 e. The van der Waals surface area contributed by atoms with E-state index in [0.29, 0.717) is 11.5 Å². The lowest BCUT2D eigenvalue weighted by Gasteiger charge is -2.16. The first-order chi connectivity index (χ1) is 9.90. The highest BCUT2D eigenvalue weighted by atomic mass is 35.5. The van der Waals surface area contributed by atoms with Crippen LogP contribution in [0.1, 0.15) is 41.3 Å². The summed E-state index contributed by atoms with van der Waals surface area (Å²) >= 11 is 11.7. The lowest BCUT2D eigenvalue weighted by Crippen LogP contribution is -2.15. The summed E-state index contributed by atoms with van der Waals surface area (Å²) in [5, 5.41) is 3.39. The number of para-hydroxylation sites is 1. The second kappa shape index (κ2) is 6.46. The zero-order valence-corrected chi connectivity index (χ0v) is 13.6. The molecule has 0 atom stereocenters. The van der Waals surface area contributed by atoms with Crippen LogP contribution in [0.2, 0.25) is 10.2 Å². The predicted molar refractivity (Wildman–Crippen MR) is 87.5 cm³/mol. The number of amides is 1. The molecule has 0 saturated carbocycles. The molecule has 21 heavy (non-hydrogen) atoms. The summed E-state index contributed by atoms with van der Waals surface area (Å²) in [6.07, 6.45) is 1.41. The van der Waals surface area contributed by atoms with Gasteiger partial charge in [-0.25, -0.2) is 4.98 Å². The third-order valence-corrected chi connectivity index (χ3v) is 3.91. The van der Waals surface area contributed by atoms with E-state index < -0.39 is 0 Å². The van der Waals surface area contributed by atoms with E-state index >= 15 is 0 Å². The van der Waals surface area contributed by atoms with Crippen molar-refractivity contribution in [3.63, 3.8) is 0 Å². The molecule has 110 valence electrons. The monoisotopic (exact) mass is 322 g/mol. The fourth-order valence-electron chi connectivity index (χ4n) is 2.07. The Balaban J connectivity index is 2.33. The minimum atomic E-state index is -0.253. The Bertz CT molecular complexity index is 684. The van der Waals surface area contributed by atoms with Crippen molar-refractivity contribution in [1.29, 1.82) is 0 Å². The maximum absolute atomic E-state index is 12.4. The highest BCUT2D eigenvalue weighted by Crippen LogP contribution is 2.28. The van der Waals surface area contributed by atoms with Crippen LogP contribution in [0.5, 0.6) is 0 Å². The first kappa shape index (κ1) is 15.8. The van der Waals surface area contributed by atoms with Gasteiger partial charge < -0.3 is 5.32 Å². The zero-order valence-electron chi connectivity index (χ0n) is 12.1. The van der Waals surface area contributed by atoms with Crippen LogP contribution < -0.4 is 5.32 Å². The van der Waals surface area contributed by atoms with Crippen molar-refractivity contribution in [2.45, 2.75) is 26.7 Å². The number of aromatic nitrogens is 1. The summed E-state index contributed by atoms with van der Waals surface area (Å²) in [7, 11) is 0. The van der Waals surface area contributed by atoms with Crippen molar-refractivity contribution in [3.8, 4) is 0 Å².